The van der Waals surface area contributed by atoms with Crippen molar-refractivity contribution in [1.82, 2.24) is 4.31 Å². The number of benzene rings is 2. The molecule has 1 heterocycles. The summed E-state index contributed by atoms with van der Waals surface area (Å²) < 4.78 is 32.4. The number of hydrogen-bond acceptors (Lipinski definition) is 4. The Kier molecular flexibility index (Phi) is 7.14. The number of rotatable bonds is 6. The van der Waals surface area contributed by atoms with Crippen LogP contribution in [0.3, 0.4) is 0 Å². The Balaban J connectivity index is 1.63. The van der Waals surface area contributed by atoms with Gasteiger partial charge >= 0.3 is 0 Å². The van der Waals surface area contributed by atoms with Gasteiger partial charge in [0.25, 0.3) is 0 Å². The predicted molar refractivity (Wildman–Crippen MR) is 116 cm³/mol. The van der Waals surface area contributed by atoms with Crippen LogP contribution >= 0.6 is 0 Å². The Hall–Kier alpha value is -2.82. The zero-order valence-electron chi connectivity index (χ0n) is 17.0. The number of ether oxygens (including phenoxy) is 1. The van der Waals surface area contributed by atoms with Crippen LogP contribution in [-0.2, 0) is 14.8 Å². The minimum absolute atomic E-state index is 0.298. The van der Waals surface area contributed by atoms with Crippen molar-refractivity contribution < 1.29 is 17.9 Å². The van der Waals surface area contributed by atoms with E-state index in [9.17, 15) is 13.2 Å². The van der Waals surface area contributed by atoms with Gasteiger partial charge in [0, 0.05) is 18.7 Å². The molecule has 3 rings (SSSR count). The second kappa shape index (κ2) is 9.79. The molecule has 0 aliphatic carbocycles. The summed E-state index contributed by atoms with van der Waals surface area (Å²) in [5.41, 5.74) is 7.31. The molecule has 0 radical (unpaired) electrons. The third-order valence-electron chi connectivity index (χ3n) is 5.32. The molecular weight excluding hydrogens is 400 g/mol. The third kappa shape index (κ3) is 5.62. The molecule has 0 spiro atoms. The Labute approximate surface area is 178 Å². The van der Waals surface area contributed by atoms with E-state index in [1.54, 1.807) is 19.2 Å². The van der Waals surface area contributed by atoms with Crippen molar-refractivity contribution in [2.75, 3.05) is 26.0 Å². The van der Waals surface area contributed by atoms with E-state index in [2.05, 4.69) is 11.8 Å². The van der Waals surface area contributed by atoms with E-state index in [1.165, 1.54) is 9.87 Å². The lowest BCUT2D eigenvalue weighted by Gasteiger charge is -2.31. The first kappa shape index (κ1) is 21.9. The van der Waals surface area contributed by atoms with Crippen molar-refractivity contribution in [2.24, 2.45) is 11.7 Å². The summed E-state index contributed by atoms with van der Waals surface area (Å²) in [6.45, 7) is 0.827. The number of methoxy groups -OCH3 is 1. The van der Waals surface area contributed by atoms with Crippen LogP contribution in [0, 0.1) is 17.8 Å². The molecule has 1 fully saturated rings. The lowest BCUT2D eigenvalue weighted by atomic mass is 9.90. The zero-order chi connectivity index (χ0) is 21.6. The molecule has 1 atom stereocenters. The van der Waals surface area contributed by atoms with Crippen LogP contribution in [0.2, 0.25) is 0 Å². The first-order chi connectivity index (χ1) is 14.4. The van der Waals surface area contributed by atoms with E-state index in [1.807, 2.05) is 42.5 Å². The largest absolute Gasteiger partial charge is 0.497 e. The molecule has 0 aromatic heterocycles. The number of nitrogens with two attached hydrogens (primary N) is 1. The molecule has 1 saturated heterocycles. The van der Waals surface area contributed by atoms with Crippen LogP contribution in [0.15, 0.2) is 54.6 Å². The predicted octanol–water partition coefficient (Wildman–Crippen LogP) is 2.36. The van der Waals surface area contributed by atoms with Gasteiger partial charge < -0.3 is 10.5 Å². The lowest BCUT2D eigenvalue weighted by molar-refractivity contribution is -0.119. The summed E-state index contributed by atoms with van der Waals surface area (Å²) in [6.07, 6.45) is 1.45. The van der Waals surface area contributed by atoms with E-state index in [4.69, 9.17) is 10.5 Å². The first-order valence-electron chi connectivity index (χ1n) is 9.87. The van der Waals surface area contributed by atoms with E-state index in [0.29, 0.717) is 24.6 Å². The standard InChI is InChI=1S/C23H26N2O4S/c1-29-22-11-9-19(10-12-22)20-13-15-25(16-14-20)30(27,28)17-21(23(24)26)8-7-18-5-3-2-4-6-18/h2-6,9-12,20-21H,13-17H2,1H3,(H2,24,26). The molecule has 7 heteroatoms. The van der Waals surface area contributed by atoms with E-state index < -0.39 is 27.6 Å². The van der Waals surface area contributed by atoms with Gasteiger partial charge in [-0.05, 0) is 48.6 Å². The molecule has 0 bridgehead atoms. The molecule has 2 N–H and O–H groups in total. The molecule has 1 aliphatic rings. The molecule has 2 aromatic carbocycles. The van der Waals surface area contributed by atoms with Crippen LogP contribution in [-0.4, -0.2) is 44.6 Å². The number of amides is 1. The van der Waals surface area contributed by atoms with Crippen LogP contribution in [0.25, 0.3) is 0 Å². The van der Waals surface area contributed by atoms with Crippen molar-refractivity contribution in [2.45, 2.75) is 18.8 Å². The Morgan fingerprint density at radius 1 is 1.13 bits per heavy atom. The fourth-order valence-corrected chi connectivity index (χ4v) is 5.19. The fraction of sp³-hybridized carbons (Fsp3) is 0.348. The van der Waals surface area contributed by atoms with Gasteiger partial charge in [-0.3, -0.25) is 4.79 Å². The van der Waals surface area contributed by atoms with Crippen molar-refractivity contribution in [3.63, 3.8) is 0 Å². The summed E-state index contributed by atoms with van der Waals surface area (Å²) in [7, 11) is -2.01. The fourth-order valence-electron chi connectivity index (χ4n) is 3.55. The highest BCUT2D eigenvalue weighted by Crippen LogP contribution is 2.30. The third-order valence-corrected chi connectivity index (χ3v) is 7.23. The number of sulfonamides is 1. The second-order valence-corrected chi connectivity index (χ2v) is 9.33. The summed E-state index contributed by atoms with van der Waals surface area (Å²) in [6, 6.07) is 17.0. The lowest BCUT2D eigenvalue weighted by Crippen LogP contribution is -2.42. The van der Waals surface area contributed by atoms with Crippen LogP contribution in [0.1, 0.15) is 29.9 Å². The van der Waals surface area contributed by atoms with Gasteiger partial charge in [0.05, 0.1) is 12.9 Å². The summed E-state index contributed by atoms with van der Waals surface area (Å²) in [4.78, 5) is 11.8. The molecule has 6 nitrogen and oxygen atoms in total. The maximum absolute atomic E-state index is 12.9. The average Bonchev–Trinajstić information content (AvgIpc) is 2.77. The minimum atomic E-state index is -3.64. The monoisotopic (exact) mass is 426 g/mol. The molecule has 30 heavy (non-hydrogen) atoms. The Morgan fingerprint density at radius 3 is 2.33 bits per heavy atom. The Bertz CT molecular complexity index is 1020. The van der Waals surface area contributed by atoms with E-state index in [-0.39, 0.29) is 0 Å². The van der Waals surface area contributed by atoms with Gasteiger partial charge in [-0.2, -0.15) is 0 Å². The number of piperidine rings is 1. The smallest absolute Gasteiger partial charge is 0.233 e. The topological polar surface area (TPSA) is 89.7 Å². The number of nitrogens with zero attached hydrogens (tertiary/aromatic N) is 1. The molecule has 1 unspecified atom stereocenters. The molecule has 2 aromatic rings. The van der Waals surface area contributed by atoms with Gasteiger partial charge in [0.1, 0.15) is 11.7 Å². The maximum atomic E-state index is 12.9. The Morgan fingerprint density at radius 2 is 1.77 bits per heavy atom. The molecular formula is C23H26N2O4S. The van der Waals surface area contributed by atoms with Crippen LogP contribution in [0.5, 0.6) is 5.75 Å². The van der Waals surface area contributed by atoms with Crippen LogP contribution in [0.4, 0.5) is 0 Å². The SMILES string of the molecule is COc1ccc(C2CCN(S(=O)(=O)CC(C#Cc3ccccc3)C(N)=O)CC2)cc1. The van der Waals surface area contributed by atoms with Gasteiger partial charge in [-0.1, -0.05) is 42.2 Å². The van der Waals surface area contributed by atoms with Crippen molar-refractivity contribution in [1.29, 1.82) is 0 Å². The van der Waals surface area contributed by atoms with Crippen molar-refractivity contribution in [3.8, 4) is 17.6 Å². The van der Waals surface area contributed by atoms with Gasteiger partial charge in [0.15, 0.2) is 0 Å². The van der Waals surface area contributed by atoms with Gasteiger partial charge in [0.2, 0.25) is 15.9 Å². The highest BCUT2D eigenvalue weighted by molar-refractivity contribution is 7.89. The van der Waals surface area contributed by atoms with E-state index >= 15 is 0 Å². The van der Waals surface area contributed by atoms with Gasteiger partial charge in [-0.25, -0.2) is 12.7 Å². The molecule has 1 amide bonds. The molecule has 158 valence electrons. The minimum Gasteiger partial charge on any atom is -0.497 e. The second-order valence-electron chi connectivity index (χ2n) is 7.32. The van der Waals surface area contributed by atoms with Crippen molar-refractivity contribution >= 4 is 15.9 Å². The normalized spacial score (nSPS) is 16.3. The summed E-state index contributed by atoms with van der Waals surface area (Å²) in [5, 5.41) is 0. The molecule has 0 saturated carbocycles. The summed E-state index contributed by atoms with van der Waals surface area (Å²) in [5.74, 6) is 4.51. The average molecular weight is 427 g/mol. The first-order valence-corrected chi connectivity index (χ1v) is 11.5. The highest BCUT2D eigenvalue weighted by Gasteiger charge is 2.31. The van der Waals surface area contributed by atoms with Gasteiger partial charge in [-0.15, -0.1) is 0 Å². The van der Waals surface area contributed by atoms with Crippen molar-refractivity contribution in [3.05, 3.63) is 65.7 Å². The number of primary amides is 1. The summed E-state index contributed by atoms with van der Waals surface area (Å²) >= 11 is 0. The maximum Gasteiger partial charge on any atom is 0.233 e. The molecule has 1 aliphatic heterocycles. The quantitative estimate of drug-likeness (QED) is 0.718. The van der Waals surface area contributed by atoms with E-state index in [0.717, 1.165) is 18.6 Å². The number of carbonyl (C=O) groups excluding carboxylic acids is 1. The highest BCUT2D eigenvalue weighted by atomic mass is 32.2. The number of carbonyl (C=O) groups is 1. The zero-order valence-corrected chi connectivity index (χ0v) is 17.8. The van der Waals surface area contributed by atoms with Crippen LogP contribution < -0.4 is 10.5 Å². The number of hydrogen-bond donors (Lipinski definition) is 1.